The number of ketones is 1. The van der Waals surface area contributed by atoms with Crippen LogP contribution in [0.5, 0.6) is 5.75 Å². The third-order valence-corrected chi connectivity index (χ3v) is 4.33. The first-order valence-corrected chi connectivity index (χ1v) is 8.43. The highest BCUT2D eigenvalue weighted by molar-refractivity contribution is 14.1. The van der Waals surface area contributed by atoms with Crippen molar-refractivity contribution in [2.24, 2.45) is 0 Å². The van der Waals surface area contributed by atoms with Gasteiger partial charge in [0.1, 0.15) is 15.1 Å². The number of ether oxygens (including phenoxy) is 2. The lowest BCUT2D eigenvalue weighted by atomic mass is 10.1. The van der Waals surface area contributed by atoms with Gasteiger partial charge in [-0.15, -0.1) is 0 Å². The summed E-state index contributed by atoms with van der Waals surface area (Å²) in [5, 5.41) is 0. The maximum atomic E-state index is 12.7. The molecular weight excluding hydrogens is 403 g/mol. The van der Waals surface area contributed by atoms with E-state index in [1.165, 1.54) is 5.56 Å². The summed E-state index contributed by atoms with van der Waals surface area (Å²) in [7, 11) is 1.60. The van der Waals surface area contributed by atoms with Gasteiger partial charge < -0.3 is 9.47 Å². The van der Waals surface area contributed by atoms with Gasteiger partial charge in [-0.25, -0.2) is 0 Å². The van der Waals surface area contributed by atoms with E-state index in [4.69, 9.17) is 9.47 Å². The molecule has 0 aliphatic rings. The second-order valence-corrected chi connectivity index (χ2v) is 6.08. The Kier molecular flexibility index (Phi) is 6.21. The zero-order chi connectivity index (χ0) is 16.8. The van der Waals surface area contributed by atoms with Gasteiger partial charge in [0.2, 0.25) is 5.78 Å². The molecule has 0 fully saturated rings. The SMILES string of the molecule is CCO/C(=C(\I)C(=O)c1ccc(OC)cc1)c1ccc(C)cc1. The highest BCUT2D eigenvalue weighted by Gasteiger charge is 2.17. The minimum atomic E-state index is -0.0581. The van der Waals surface area contributed by atoms with Crippen molar-refractivity contribution >= 4 is 34.1 Å². The number of carbonyl (C=O) groups is 1. The molecule has 120 valence electrons. The molecule has 0 spiro atoms. The summed E-state index contributed by atoms with van der Waals surface area (Å²) in [4.78, 5) is 12.7. The minimum Gasteiger partial charge on any atom is -0.497 e. The van der Waals surface area contributed by atoms with Crippen molar-refractivity contribution in [3.05, 3.63) is 68.8 Å². The fraction of sp³-hybridized carbons (Fsp3) is 0.211. The van der Waals surface area contributed by atoms with Crippen molar-refractivity contribution in [2.75, 3.05) is 13.7 Å². The zero-order valence-corrected chi connectivity index (χ0v) is 15.6. The van der Waals surface area contributed by atoms with E-state index in [2.05, 4.69) is 22.6 Å². The molecule has 2 aromatic carbocycles. The number of allylic oxidation sites excluding steroid dienone is 1. The molecule has 0 bridgehead atoms. The molecule has 0 saturated heterocycles. The van der Waals surface area contributed by atoms with Gasteiger partial charge in [-0.1, -0.05) is 29.8 Å². The Morgan fingerprint density at radius 3 is 2.09 bits per heavy atom. The van der Waals surface area contributed by atoms with Crippen LogP contribution in [0.25, 0.3) is 5.76 Å². The molecular formula is C19H19IO3. The lowest BCUT2D eigenvalue weighted by molar-refractivity contribution is 0.104. The standard InChI is InChI=1S/C19H19IO3/c1-4-23-19(15-7-5-13(2)6-8-15)17(20)18(21)14-9-11-16(22-3)12-10-14/h5-12H,4H2,1-3H3/b19-17-. The summed E-state index contributed by atoms with van der Waals surface area (Å²) in [5.41, 5.74) is 2.68. The Morgan fingerprint density at radius 2 is 1.57 bits per heavy atom. The van der Waals surface area contributed by atoms with E-state index in [1.807, 2.05) is 38.1 Å². The number of methoxy groups -OCH3 is 1. The lowest BCUT2D eigenvalue weighted by Gasteiger charge is -2.12. The molecule has 0 aromatic heterocycles. The molecule has 0 atom stereocenters. The van der Waals surface area contributed by atoms with Crippen LogP contribution in [0.2, 0.25) is 0 Å². The zero-order valence-electron chi connectivity index (χ0n) is 13.4. The Balaban J connectivity index is 2.39. The Bertz CT molecular complexity index is 700. The number of aryl methyl sites for hydroxylation is 1. The maximum absolute atomic E-state index is 12.7. The number of Topliss-reactive ketones (excluding diaryl/α,β-unsaturated/α-hetero) is 1. The molecule has 0 aliphatic heterocycles. The summed E-state index contributed by atoms with van der Waals surface area (Å²) in [6.45, 7) is 4.45. The topological polar surface area (TPSA) is 35.5 Å². The third-order valence-electron chi connectivity index (χ3n) is 3.35. The highest BCUT2D eigenvalue weighted by atomic mass is 127. The van der Waals surface area contributed by atoms with Gasteiger partial charge in [0, 0.05) is 11.1 Å². The summed E-state index contributed by atoms with van der Waals surface area (Å²) < 4.78 is 11.4. The van der Waals surface area contributed by atoms with Crippen LogP contribution in [-0.2, 0) is 4.74 Å². The number of carbonyl (C=O) groups excluding carboxylic acids is 1. The van der Waals surface area contributed by atoms with Crippen molar-refractivity contribution in [1.29, 1.82) is 0 Å². The average molecular weight is 422 g/mol. The smallest absolute Gasteiger partial charge is 0.202 e. The van der Waals surface area contributed by atoms with E-state index >= 15 is 0 Å². The van der Waals surface area contributed by atoms with Crippen LogP contribution in [0, 0.1) is 6.92 Å². The molecule has 0 amide bonds. The Morgan fingerprint density at radius 1 is 1.00 bits per heavy atom. The molecule has 3 nitrogen and oxygen atoms in total. The number of hydrogen-bond acceptors (Lipinski definition) is 3. The van der Waals surface area contributed by atoms with Crippen molar-refractivity contribution < 1.29 is 14.3 Å². The monoisotopic (exact) mass is 422 g/mol. The van der Waals surface area contributed by atoms with Crippen LogP contribution in [0.1, 0.15) is 28.4 Å². The molecule has 0 unspecified atom stereocenters. The van der Waals surface area contributed by atoms with Crippen molar-refractivity contribution in [1.82, 2.24) is 0 Å². The highest BCUT2D eigenvalue weighted by Crippen LogP contribution is 2.28. The fourth-order valence-corrected chi connectivity index (χ4v) is 2.87. The van der Waals surface area contributed by atoms with Crippen LogP contribution >= 0.6 is 22.6 Å². The second-order valence-electron chi connectivity index (χ2n) is 5.00. The minimum absolute atomic E-state index is 0.0581. The average Bonchev–Trinajstić information content (AvgIpc) is 2.59. The largest absolute Gasteiger partial charge is 0.497 e. The van der Waals surface area contributed by atoms with Gasteiger partial charge in [0.15, 0.2) is 0 Å². The van der Waals surface area contributed by atoms with Crippen LogP contribution in [0.15, 0.2) is 52.1 Å². The first-order valence-electron chi connectivity index (χ1n) is 7.35. The van der Waals surface area contributed by atoms with Crippen LogP contribution in [0.3, 0.4) is 0 Å². The molecule has 0 N–H and O–H groups in total. The molecule has 23 heavy (non-hydrogen) atoms. The Hall–Kier alpha value is -1.82. The van der Waals surface area contributed by atoms with E-state index in [0.29, 0.717) is 21.5 Å². The van der Waals surface area contributed by atoms with E-state index in [9.17, 15) is 4.79 Å². The summed E-state index contributed by atoms with van der Waals surface area (Å²) in [5.74, 6) is 1.29. The lowest BCUT2D eigenvalue weighted by Crippen LogP contribution is -2.04. The number of rotatable bonds is 6. The predicted octanol–water partition coefficient (Wildman–Crippen LogP) is 5.03. The summed E-state index contributed by atoms with van der Waals surface area (Å²) in [6.07, 6.45) is 0. The molecule has 2 rings (SSSR count). The van der Waals surface area contributed by atoms with E-state index < -0.39 is 0 Å². The first-order chi connectivity index (χ1) is 11.1. The maximum Gasteiger partial charge on any atom is 0.202 e. The third kappa shape index (κ3) is 4.34. The number of hydrogen-bond donors (Lipinski definition) is 0. The van der Waals surface area contributed by atoms with Crippen molar-refractivity contribution in [3.8, 4) is 5.75 Å². The van der Waals surface area contributed by atoms with Gasteiger partial charge in [-0.05, 0) is 60.7 Å². The molecule has 0 saturated carbocycles. The van der Waals surface area contributed by atoms with Gasteiger partial charge in [0.25, 0.3) is 0 Å². The second kappa shape index (κ2) is 8.15. The van der Waals surface area contributed by atoms with Gasteiger partial charge >= 0.3 is 0 Å². The van der Waals surface area contributed by atoms with E-state index in [-0.39, 0.29) is 5.78 Å². The normalized spacial score (nSPS) is 11.7. The van der Waals surface area contributed by atoms with Crippen molar-refractivity contribution in [2.45, 2.75) is 13.8 Å². The van der Waals surface area contributed by atoms with E-state index in [1.54, 1.807) is 31.4 Å². The number of halogens is 1. The van der Waals surface area contributed by atoms with Crippen LogP contribution < -0.4 is 4.74 Å². The van der Waals surface area contributed by atoms with Gasteiger partial charge in [-0.3, -0.25) is 4.79 Å². The summed E-state index contributed by atoms with van der Waals surface area (Å²) >= 11 is 2.06. The predicted molar refractivity (Wildman–Crippen MR) is 101 cm³/mol. The van der Waals surface area contributed by atoms with Crippen LogP contribution in [-0.4, -0.2) is 19.5 Å². The Labute approximate surface area is 150 Å². The molecule has 0 heterocycles. The molecule has 0 aliphatic carbocycles. The van der Waals surface area contributed by atoms with Crippen molar-refractivity contribution in [3.63, 3.8) is 0 Å². The molecule has 0 radical (unpaired) electrons. The fourth-order valence-electron chi connectivity index (χ4n) is 2.09. The molecule has 2 aromatic rings. The quantitative estimate of drug-likeness (QED) is 0.284. The number of benzene rings is 2. The summed E-state index contributed by atoms with van der Waals surface area (Å²) in [6, 6.07) is 15.1. The van der Waals surface area contributed by atoms with Gasteiger partial charge in [-0.2, -0.15) is 0 Å². The van der Waals surface area contributed by atoms with E-state index in [0.717, 1.165) is 11.3 Å². The van der Waals surface area contributed by atoms with Crippen LogP contribution in [0.4, 0.5) is 0 Å². The molecule has 4 heteroatoms. The van der Waals surface area contributed by atoms with Gasteiger partial charge in [0.05, 0.1) is 13.7 Å². The first kappa shape index (κ1) is 17.5.